The van der Waals surface area contributed by atoms with Crippen LogP contribution < -0.4 is 10.1 Å². The maximum absolute atomic E-state index is 6.04. The zero-order valence-corrected chi connectivity index (χ0v) is 13.0. The van der Waals surface area contributed by atoms with Crippen molar-refractivity contribution in [1.29, 1.82) is 0 Å². The predicted molar refractivity (Wildman–Crippen MR) is 84.7 cm³/mol. The molecule has 4 heteroatoms. The molecule has 0 amide bonds. The van der Waals surface area contributed by atoms with Gasteiger partial charge in [0.2, 0.25) is 0 Å². The summed E-state index contributed by atoms with van der Waals surface area (Å²) in [4.78, 5) is 0. The first kappa shape index (κ1) is 15.2. The SMILES string of the molecule is COc1cccc(CNC(C)c2ccc(Cl)c(Cl)c2)c1. The minimum absolute atomic E-state index is 0.191. The lowest BCUT2D eigenvalue weighted by Gasteiger charge is -2.15. The van der Waals surface area contributed by atoms with Gasteiger partial charge < -0.3 is 10.1 Å². The zero-order chi connectivity index (χ0) is 14.5. The molecule has 0 aliphatic rings. The van der Waals surface area contributed by atoms with E-state index >= 15 is 0 Å². The van der Waals surface area contributed by atoms with Crippen molar-refractivity contribution >= 4 is 23.2 Å². The molecule has 0 spiro atoms. The van der Waals surface area contributed by atoms with Crippen LogP contribution in [0.1, 0.15) is 24.1 Å². The Morgan fingerprint density at radius 2 is 1.90 bits per heavy atom. The molecule has 2 aromatic rings. The molecular formula is C16H17Cl2NO. The molecule has 0 fully saturated rings. The van der Waals surface area contributed by atoms with Crippen molar-refractivity contribution in [2.24, 2.45) is 0 Å². The molecule has 1 unspecified atom stereocenters. The van der Waals surface area contributed by atoms with Gasteiger partial charge in [-0.15, -0.1) is 0 Å². The molecule has 0 bridgehead atoms. The Bertz CT molecular complexity index is 586. The Morgan fingerprint density at radius 1 is 1.10 bits per heavy atom. The second kappa shape index (κ2) is 6.98. The third-order valence-electron chi connectivity index (χ3n) is 3.19. The molecule has 20 heavy (non-hydrogen) atoms. The van der Waals surface area contributed by atoms with E-state index in [0.717, 1.165) is 17.9 Å². The molecule has 106 valence electrons. The number of nitrogens with one attached hydrogen (secondary N) is 1. The van der Waals surface area contributed by atoms with Gasteiger partial charge in [0.05, 0.1) is 17.2 Å². The monoisotopic (exact) mass is 309 g/mol. The Morgan fingerprint density at radius 3 is 2.60 bits per heavy atom. The van der Waals surface area contributed by atoms with E-state index in [1.165, 1.54) is 5.56 Å². The van der Waals surface area contributed by atoms with Gasteiger partial charge in [-0.3, -0.25) is 0 Å². The highest BCUT2D eigenvalue weighted by molar-refractivity contribution is 6.42. The predicted octanol–water partition coefficient (Wildman–Crippen LogP) is 4.85. The van der Waals surface area contributed by atoms with Crippen LogP contribution in [0, 0.1) is 0 Å². The van der Waals surface area contributed by atoms with E-state index in [2.05, 4.69) is 18.3 Å². The number of rotatable bonds is 5. The number of benzene rings is 2. The number of halogens is 2. The maximum atomic E-state index is 6.04. The third kappa shape index (κ3) is 3.89. The van der Waals surface area contributed by atoms with Crippen LogP contribution in [0.3, 0.4) is 0 Å². The quantitative estimate of drug-likeness (QED) is 0.852. The van der Waals surface area contributed by atoms with Crippen molar-refractivity contribution in [3.8, 4) is 5.75 Å². The molecule has 0 saturated carbocycles. The fourth-order valence-electron chi connectivity index (χ4n) is 1.95. The minimum atomic E-state index is 0.191. The van der Waals surface area contributed by atoms with Crippen LogP contribution in [0.2, 0.25) is 10.0 Å². The molecule has 0 radical (unpaired) electrons. The number of methoxy groups -OCH3 is 1. The van der Waals surface area contributed by atoms with Gasteiger partial charge in [0.1, 0.15) is 5.75 Å². The van der Waals surface area contributed by atoms with Crippen molar-refractivity contribution in [2.75, 3.05) is 7.11 Å². The van der Waals surface area contributed by atoms with E-state index in [-0.39, 0.29) is 6.04 Å². The summed E-state index contributed by atoms with van der Waals surface area (Å²) < 4.78 is 5.22. The lowest BCUT2D eigenvalue weighted by atomic mass is 10.1. The summed E-state index contributed by atoms with van der Waals surface area (Å²) in [6, 6.07) is 13.9. The molecule has 0 aliphatic carbocycles. The van der Waals surface area contributed by atoms with Crippen LogP contribution in [0.25, 0.3) is 0 Å². The normalized spacial score (nSPS) is 12.2. The van der Waals surface area contributed by atoms with Gasteiger partial charge in [0.15, 0.2) is 0 Å². The maximum Gasteiger partial charge on any atom is 0.119 e. The molecule has 0 aliphatic heterocycles. The van der Waals surface area contributed by atoms with Gasteiger partial charge >= 0.3 is 0 Å². The fourth-order valence-corrected chi connectivity index (χ4v) is 2.26. The van der Waals surface area contributed by atoms with Gasteiger partial charge in [-0.1, -0.05) is 41.4 Å². The first-order valence-corrected chi connectivity index (χ1v) is 7.17. The molecule has 0 saturated heterocycles. The highest BCUT2D eigenvalue weighted by atomic mass is 35.5. The van der Waals surface area contributed by atoms with E-state index in [0.29, 0.717) is 10.0 Å². The molecule has 2 aromatic carbocycles. The summed E-state index contributed by atoms with van der Waals surface area (Å²) in [5, 5.41) is 4.62. The van der Waals surface area contributed by atoms with Crippen LogP contribution >= 0.6 is 23.2 Å². The summed E-state index contributed by atoms with van der Waals surface area (Å²) in [6.07, 6.45) is 0. The van der Waals surface area contributed by atoms with Gasteiger partial charge in [-0.05, 0) is 42.3 Å². The fraction of sp³-hybridized carbons (Fsp3) is 0.250. The molecule has 0 aromatic heterocycles. The molecule has 2 nitrogen and oxygen atoms in total. The van der Waals surface area contributed by atoms with E-state index in [1.54, 1.807) is 7.11 Å². The average molecular weight is 310 g/mol. The van der Waals surface area contributed by atoms with Crippen molar-refractivity contribution in [3.05, 3.63) is 63.6 Å². The van der Waals surface area contributed by atoms with Crippen LogP contribution in [-0.2, 0) is 6.54 Å². The standard InChI is InChI=1S/C16H17Cl2NO/c1-11(13-6-7-15(17)16(18)9-13)19-10-12-4-3-5-14(8-12)20-2/h3-9,11,19H,10H2,1-2H3. The van der Waals surface area contributed by atoms with Gasteiger partial charge in [0.25, 0.3) is 0 Å². The highest BCUT2D eigenvalue weighted by Gasteiger charge is 2.07. The Kier molecular flexibility index (Phi) is 5.30. The second-order valence-electron chi connectivity index (χ2n) is 4.63. The summed E-state index contributed by atoms with van der Waals surface area (Å²) in [6.45, 7) is 2.86. The molecular weight excluding hydrogens is 293 g/mol. The van der Waals surface area contributed by atoms with Crippen molar-refractivity contribution in [1.82, 2.24) is 5.32 Å². The second-order valence-corrected chi connectivity index (χ2v) is 5.44. The summed E-state index contributed by atoms with van der Waals surface area (Å²) in [5.74, 6) is 0.867. The lowest BCUT2D eigenvalue weighted by molar-refractivity contribution is 0.414. The molecule has 1 atom stereocenters. The Labute approximate surface area is 129 Å². The molecule has 1 N–H and O–H groups in total. The highest BCUT2D eigenvalue weighted by Crippen LogP contribution is 2.25. The average Bonchev–Trinajstić information content (AvgIpc) is 2.47. The first-order chi connectivity index (χ1) is 9.60. The first-order valence-electron chi connectivity index (χ1n) is 6.41. The van der Waals surface area contributed by atoms with E-state index in [9.17, 15) is 0 Å². The van der Waals surface area contributed by atoms with Crippen LogP contribution in [0.4, 0.5) is 0 Å². The topological polar surface area (TPSA) is 21.3 Å². The Balaban J connectivity index is 2.00. The van der Waals surface area contributed by atoms with Crippen LogP contribution in [0.15, 0.2) is 42.5 Å². The minimum Gasteiger partial charge on any atom is -0.497 e. The summed E-state index contributed by atoms with van der Waals surface area (Å²) in [5.41, 5.74) is 2.29. The third-order valence-corrected chi connectivity index (χ3v) is 3.93. The van der Waals surface area contributed by atoms with Crippen molar-refractivity contribution in [2.45, 2.75) is 19.5 Å². The Hall–Kier alpha value is -1.22. The summed E-state index contributed by atoms with van der Waals surface area (Å²) >= 11 is 12.0. The molecule has 0 heterocycles. The van der Waals surface area contributed by atoms with Gasteiger partial charge in [-0.25, -0.2) is 0 Å². The van der Waals surface area contributed by atoms with Crippen molar-refractivity contribution in [3.63, 3.8) is 0 Å². The number of hydrogen-bond acceptors (Lipinski definition) is 2. The number of hydrogen-bond donors (Lipinski definition) is 1. The number of ether oxygens (including phenoxy) is 1. The van der Waals surface area contributed by atoms with Gasteiger partial charge in [-0.2, -0.15) is 0 Å². The smallest absolute Gasteiger partial charge is 0.119 e. The van der Waals surface area contributed by atoms with E-state index < -0.39 is 0 Å². The lowest BCUT2D eigenvalue weighted by Crippen LogP contribution is -2.18. The largest absolute Gasteiger partial charge is 0.497 e. The van der Waals surface area contributed by atoms with Crippen LogP contribution in [0.5, 0.6) is 5.75 Å². The van der Waals surface area contributed by atoms with E-state index in [1.807, 2.05) is 36.4 Å². The van der Waals surface area contributed by atoms with Crippen molar-refractivity contribution < 1.29 is 4.74 Å². The molecule has 2 rings (SSSR count). The van der Waals surface area contributed by atoms with Gasteiger partial charge in [0, 0.05) is 12.6 Å². The summed E-state index contributed by atoms with van der Waals surface area (Å²) in [7, 11) is 1.67. The van der Waals surface area contributed by atoms with E-state index in [4.69, 9.17) is 27.9 Å². The van der Waals surface area contributed by atoms with Crippen LogP contribution in [-0.4, -0.2) is 7.11 Å². The zero-order valence-electron chi connectivity index (χ0n) is 11.5.